The molecule has 1 saturated heterocycles. The molecule has 1 fully saturated rings. The number of anilines is 2. The van der Waals surface area contributed by atoms with Crippen molar-refractivity contribution < 1.29 is 4.79 Å². The SMILES string of the molecule is O=C(N/N=C/c1ccc(N2CCCCC2)cc1)Nc1cccc(Br)c1. The maximum atomic E-state index is 11.8. The highest BCUT2D eigenvalue weighted by Gasteiger charge is 2.10. The van der Waals surface area contributed by atoms with Gasteiger partial charge in [0.15, 0.2) is 0 Å². The van der Waals surface area contributed by atoms with Gasteiger partial charge in [0, 0.05) is 28.9 Å². The Labute approximate surface area is 156 Å². The Morgan fingerprint density at radius 2 is 1.84 bits per heavy atom. The molecule has 2 aromatic carbocycles. The van der Waals surface area contributed by atoms with Crippen LogP contribution in [0, 0.1) is 0 Å². The van der Waals surface area contributed by atoms with Gasteiger partial charge in [-0.05, 0) is 55.2 Å². The zero-order valence-electron chi connectivity index (χ0n) is 13.9. The van der Waals surface area contributed by atoms with E-state index in [4.69, 9.17) is 0 Å². The Kier molecular flexibility index (Phi) is 6.06. The first-order valence-electron chi connectivity index (χ1n) is 8.41. The number of rotatable bonds is 4. The molecule has 0 bridgehead atoms. The molecule has 25 heavy (non-hydrogen) atoms. The van der Waals surface area contributed by atoms with Crippen molar-refractivity contribution in [1.29, 1.82) is 0 Å². The molecule has 2 N–H and O–H groups in total. The zero-order valence-corrected chi connectivity index (χ0v) is 15.5. The summed E-state index contributed by atoms with van der Waals surface area (Å²) in [6.45, 7) is 2.26. The highest BCUT2D eigenvalue weighted by molar-refractivity contribution is 9.10. The van der Waals surface area contributed by atoms with Gasteiger partial charge in [-0.3, -0.25) is 0 Å². The van der Waals surface area contributed by atoms with Crippen molar-refractivity contribution in [2.24, 2.45) is 5.10 Å². The molecule has 0 spiro atoms. The molecule has 0 aliphatic carbocycles. The largest absolute Gasteiger partial charge is 0.372 e. The van der Waals surface area contributed by atoms with Gasteiger partial charge in [0.1, 0.15) is 0 Å². The lowest BCUT2D eigenvalue weighted by Crippen LogP contribution is -2.29. The van der Waals surface area contributed by atoms with Crippen LogP contribution in [0.2, 0.25) is 0 Å². The molecule has 1 aliphatic heterocycles. The van der Waals surface area contributed by atoms with Gasteiger partial charge in [0.25, 0.3) is 0 Å². The fraction of sp³-hybridized carbons (Fsp3) is 0.263. The molecule has 1 aliphatic rings. The molecule has 2 aromatic rings. The maximum Gasteiger partial charge on any atom is 0.339 e. The van der Waals surface area contributed by atoms with Crippen LogP contribution in [-0.4, -0.2) is 25.3 Å². The lowest BCUT2D eigenvalue weighted by atomic mass is 10.1. The maximum absolute atomic E-state index is 11.8. The summed E-state index contributed by atoms with van der Waals surface area (Å²) >= 11 is 3.36. The van der Waals surface area contributed by atoms with E-state index in [0.29, 0.717) is 5.69 Å². The molecule has 6 heteroatoms. The molecule has 0 unspecified atom stereocenters. The van der Waals surface area contributed by atoms with E-state index in [1.807, 2.05) is 36.4 Å². The number of nitrogens with one attached hydrogen (secondary N) is 2. The van der Waals surface area contributed by atoms with E-state index in [0.717, 1.165) is 23.1 Å². The average Bonchev–Trinajstić information content (AvgIpc) is 2.63. The van der Waals surface area contributed by atoms with Crippen LogP contribution in [0.1, 0.15) is 24.8 Å². The molecule has 0 radical (unpaired) electrons. The van der Waals surface area contributed by atoms with Crippen LogP contribution in [0.3, 0.4) is 0 Å². The first-order valence-corrected chi connectivity index (χ1v) is 9.21. The lowest BCUT2D eigenvalue weighted by molar-refractivity contribution is 0.252. The normalized spacial score (nSPS) is 14.5. The third kappa shape index (κ3) is 5.32. The standard InChI is InChI=1S/C19H21BrN4O/c20-16-5-4-6-17(13-16)22-19(25)23-21-14-15-7-9-18(10-8-15)24-11-2-1-3-12-24/h4-10,13-14H,1-3,11-12H2,(H2,22,23,25)/b21-14+. The van der Waals surface area contributed by atoms with E-state index in [9.17, 15) is 4.79 Å². The second kappa shape index (κ2) is 8.67. The van der Waals surface area contributed by atoms with Crippen molar-refractivity contribution in [3.8, 4) is 0 Å². The fourth-order valence-electron chi connectivity index (χ4n) is 2.81. The number of hydrazone groups is 1. The number of amides is 2. The van der Waals surface area contributed by atoms with Crippen molar-refractivity contribution in [3.63, 3.8) is 0 Å². The summed E-state index contributed by atoms with van der Waals surface area (Å²) in [5, 5.41) is 6.71. The molecule has 0 saturated carbocycles. The summed E-state index contributed by atoms with van der Waals surface area (Å²) in [7, 11) is 0. The van der Waals surface area contributed by atoms with Crippen molar-refractivity contribution in [2.75, 3.05) is 23.3 Å². The van der Waals surface area contributed by atoms with Crippen LogP contribution >= 0.6 is 15.9 Å². The highest BCUT2D eigenvalue weighted by Crippen LogP contribution is 2.19. The number of carbonyl (C=O) groups excluding carboxylic acids is 1. The zero-order chi connectivity index (χ0) is 17.5. The molecule has 1 heterocycles. The number of benzene rings is 2. The summed E-state index contributed by atoms with van der Waals surface area (Å²) < 4.78 is 0.905. The van der Waals surface area contributed by atoms with Gasteiger partial charge in [-0.1, -0.05) is 34.1 Å². The smallest absolute Gasteiger partial charge is 0.339 e. The van der Waals surface area contributed by atoms with E-state index >= 15 is 0 Å². The molecule has 0 aromatic heterocycles. The molecular formula is C19H21BrN4O. The molecule has 2 amide bonds. The van der Waals surface area contributed by atoms with Crippen molar-refractivity contribution in [3.05, 3.63) is 58.6 Å². The Hall–Kier alpha value is -2.34. The quantitative estimate of drug-likeness (QED) is 0.582. The molecule has 5 nitrogen and oxygen atoms in total. The lowest BCUT2D eigenvalue weighted by Gasteiger charge is -2.28. The Morgan fingerprint density at radius 1 is 1.08 bits per heavy atom. The van der Waals surface area contributed by atoms with Gasteiger partial charge in [-0.2, -0.15) is 5.10 Å². The number of carbonyl (C=O) groups is 1. The molecular weight excluding hydrogens is 380 g/mol. The minimum Gasteiger partial charge on any atom is -0.372 e. The number of halogens is 1. The predicted octanol–water partition coefficient (Wildman–Crippen LogP) is 4.60. The number of urea groups is 1. The van der Waals surface area contributed by atoms with E-state index in [1.165, 1.54) is 24.9 Å². The molecule has 3 rings (SSSR count). The summed E-state index contributed by atoms with van der Waals surface area (Å²) in [5.41, 5.74) is 5.37. The third-order valence-electron chi connectivity index (χ3n) is 4.08. The monoisotopic (exact) mass is 400 g/mol. The minimum absolute atomic E-state index is 0.376. The molecule has 130 valence electrons. The van der Waals surface area contributed by atoms with Crippen LogP contribution in [0.4, 0.5) is 16.2 Å². The van der Waals surface area contributed by atoms with Gasteiger partial charge >= 0.3 is 6.03 Å². The van der Waals surface area contributed by atoms with Gasteiger partial charge in [-0.15, -0.1) is 0 Å². The summed E-state index contributed by atoms with van der Waals surface area (Å²) in [6, 6.07) is 15.3. The number of piperidine rings is 1. The van der Waals surface area contributed by atoms with Gasteiger partial charge in [0.05, 0.1) is 6.21 Å². The topological polar surface area (TPSA) is 56.7 Å². The van der Waals surface area contributed by atoms with Crippen molar-refractivity contribution >= 4 is 39.6 Å². The van der Waals surface area contributed by atoms with Crippen LogP contribution in [-0.2, 0) is 0 Å². The second-order valence-electron chi connectivity index (χ2n) is 5.97. The van der Waals surface area contributed by atoms with Crippen LogP contribution in [0.25, 0.3) is 0 Å². The Morgan fingerprint density at radius 3 is 2.56 bits per heavy atom. The first-order chi connectivity index (χ1) is 12.2. The van der Waals surface area contributed by atoms with Gasteiger partial charge in [0.2, 0.25) is 0 Å². The van der Waals surface area contributed by atoms with E-state index < -0.39 is 0 Å². The second-order valence-corrected chi connectivity index (χ2v) is 6.89. The van der Waals surface area contributed by atoms with Crippen molar-refractivity contribution in [2.45, 2.75) is 19.3 Å². The third-order valence-corrected chi connectivity index (χ3v) is 4.57. The van der Waals surface area contributed by atoms with Gasteiger partial charge < -0.3 is 10.2 Å². The van der Waals surface area contributed by atoms with Gasteiger partial charge in [-0.25, -0.2) is 10.2 Å². The first kappa shape index (κ1) is 17.5. The summed E-state index contributed by atoms with van der Waals surface area (Å²) in [5.74, 6) is 0. The minimum atomic E-state index is -0.376. The van der Waals surface area contributed by atoms with E-state index in [-0.39, 0.29) is 6.03 Å². The Bertz CT molecular complexity index is 739. The molecule has 0 atom stereocenters. The highest BCUT2D eigenvalue weighted by atomic mass is 79.9. The van der Waals surface area contributed by atoms with Crippen LogP contribution in [0.5, 0.6) is 0 Å². The van der Waals surface area contributed by atoms with E-state index in [1.54, 1.807) is 6.21 Å². The Balaban J connectivity index is 1.50. The summed E-state index contributed by atoms with van der Waals surface area (Å²) in [6.07, 6.45) is 5.50. The summed E-state index contributed by atoms with van der Waals surface area (Å²) in [4.78, 5) is 14.2. The van der Waals surface area contributed by atoms with Crippen LogP contribution < -0.4 is 15.6 Å². The average molecular weight is 401 g/mol. The van der Waals surface area contributed by atoms with Crippen LogP contribution in [0.15, 0.2) is 58.1 Å². The number of hydrogen-bond donors (Lipinski definition) is 2. The van der Waals surface area contributed by atoms with E-state index in [2.05, 4.69) is 48.8 Å². The fourth-order valence-corrected chi connectivity index (χ4v) is 3.21. The predicted molar refractivity (Wildman–Crippen MR) is 106 cm³/mol. The number of nitrogens with zero attached hydrogens (tertiary/aromatic N) is 2. The number of hydrogen-bond acceptors (Lipinski definition) is 3. The van der Waals surface area contributed by atoms with Crippen molar-refractivity contribution in [1.82, 2.24) is 5.43 Å².